The van der Waals surface area contributed by atoms with Gasteiger partial charge < -0.3 is 10.2 Å². The van der Waals surface area contributed by atoms with Crippen molar-refractivity contribution in [3.8, 4) is 0 Å². The summed E-state index contributed by atoms with van der Waals surface area (Å²) in [5, 5.41) is 29.1. The van der Waals surface area contributed by atoms with E-state index in [9.17, 15) is 15.0 Å². The number of aliphatic hydroxyl groups excluding tert-OH is 2. The number of Topliss-reactive ketones (excluding diaryl/α,β-unsaturated/α-hetero) is 1. The molecule has 0 radical (unpaired) electrons. The summed E-state index contributed by atoms with van der Waals surface area (Å²) in [5.74, 6) is -0.00271. The summed E-state index contributed by atoms with van der Waals surface area (Å²) < 4.78 is 5.40. The molecule has 1 atom stereocenters. The summed E-state index contributed by atoms with van der Waals surface area (Å²) in [4.78, 5) is 17.6. The Balaban J connectivity index is 0.00000289. The van der Waals surface area contributed by atoms with Crippen molar-refractivity contribution < 1.29 is 15.0 Å². The van der Waals surface area contributed by atoms with Crippen LogP contribution in [-0.4, -0.2) is 57.7 Å². The van der Waals surface area contributed by atoms with E-state index in [1.165, 1.54) is 0 Å². The van der Waals surface area contributed by atoms with E-state index in [2.05, 4.69) is 17.0 Å². The average molecular weight is 495 g/mol. The monoisotopic (exact) mass is 494 g/mol. The molecule has 4 heterocycles. The van der Waals surface area contributed by atoms with Gasteiger partial charge >= 0.3 is 0 Å². The predicted octanol–water partition coefficient (Wildman–Crippen LogP) is 2.69. The highest BCUT2D eigenvalue weighted by molar-refractivity contribution is 5.99. The second-order valence-corrected chi connectivity index (χ2v) is 8.28. The van der Waals surface area contributed by atoms with Crippen molar-refractivity contribution in [1.29, 1.82) is 0 Å². The molecule has 5 rings (SSSR count). The Morgan fingerprint density at radius 1 is 1.11 bits per heavy atom. The van der Waals surface area contributed by atoms with E-state index in [1.807, 2.05) is 57.7 Å². The van der Waals surface area contributed by atoms with Crippen LogP contribution in [-0.2, 0) is 25.9 Å². The molecule has 0 spiro atoms. The minimum atomic E-state index is -0.878. The van der Waals surface area contributed by atoms with Crippen LogP contribution in [0.25, 0.3) is 16.6 Å². The van der Waals surface area contributed by atoms with E-state index in [-0.39, 0.29) is 37.8 Å². The zero-order valence-corrected chi connectivity index (χ0v) is 20.1. The van der Waals surface area contributed by atoms with Gasteiger partial charge in [-0.05, 0) is 36.2 Å². The highest BCUT2D eigenvalue weighted by Crippen LogP contribution is 2.26. The fourth-order valence-electron chi connectivity index (χ4n) is 4.37. The summed E-state index contributed by atoms with van der Waals surface area (Å²) in [6, 6.07) is 13.5. The first-order valence-corrected chi connectivity index (χ1v) is 11.3. The Kier molecular flexibility index (Phi) is 7.30. The molecule has 0 amide bonds. The largest absolute Gasteiger partial charge is 0.394 e. The Morgan fingerprint density at radius 3 is 2.77 bits per heavy atom. The van der Waals surface area contributed by atoms with Crippen molar-refractivity contribution in [2.24, 2.45) is 0 Å². The third-order valence-corrected chi connectivity index (χ3v) is 6.04. The van der Waals surface area contributed by atoms with Gasteiger partial charge in [0.25, 0.3) is 0 Å². The summed E-state index contributed by atoms with van der Waals surface area (Å²) in [6.45, 7) is 2.39. The molecule has 182 valence electrons. The molecule has 1 aromatic carbocycles. The molecule has 4 aromatic heterocycles. The second-order valence-electron chi connectivity index (χ2n) is 8.28. The fourth-order valence-corrected chi connectivity index (χ4v) is 4.37. The number of hydrogen-bond donors (Lipinski definition) is 2. The van der Waals surface area contributed by atoms with Crippen LogP contribution < -0.4 is 0 Å². The Labute approximate surface area is 208 Å². The van der Waals surface area contributed by atoms with E-state index in [4.69, 9.17) is 5.10 Å². The molecular weight excluding hydrogens is 468 g/mol. The Bertz CT molecular complexity index is 1470. The fraction of sp³-hybridized carbons (Fsp3) is 0.280. The number of imidazole rings is 1. The number of pyridine rings is 1. The van der Waals surface area contributed by atoms with Gasteiger partial charge in [-0.25, -0.2) is 4.98 Å². The van der Waals surface area contributed by atoms with Crippen LogP contribution in [0.1, 0.15) is 34.4 Å². The number of nitrogens with zero attached hydrogens (tertiary/aromatic N) is 6. The first-order chi connectivity index (χ1) is 16.6. The number of aromatic nitrogens is 6. The second kappa shape index (κ2) is 10.4. The van der Waals surface area contributed by atoms with Crippen LogP contribution in [0.2, 0.25) is 0 Å². The van der Waals surface area contributed by atoms with Gasteiger partial charge in [0, 0.05) is 24.2 Å². The highest BCUT2D eigenvalue weighted by atomic mass is 35.5. The van der Waals surface area contributed by atoms with E-state index >= 15 is 0 Å². The van der Waals surface area contributed by atoms with Gasteiger partial charge in [-0.2, -0.15) is 10.2 Å². The molecule has 2 N–H and O–H groups in total. The predicted molar refractivity (Wildman–Crippen MR) is 134 cm³/mol. The van der Waals surface area contributed by atoms with Gasteiger partial charge in [-0.15, -0.1) is 12.4 Å². The number of benzene rings is 1. The van der Waals surface area contributed by atoms with Crippen molar-refractivity contribution in [3.05, 3.63) is 83.7 Å². The van der Waals surface area contributed by atoms with Gasteiger partial charge in [-0.1, -0.05) is 25.1 Å². The molecule has 0 aliphatic carbocycles. The van der Waals surface area contributed by atoms with Gasteiger partial charge in [0.2, 0.25) is 0 Å². The minimum Gasteiger partial charge on any atom is -0.394 e. The summed E-state index contributed by atoms with van der Waals surface area (Å²) >= 11 is 0. The number of ketones is 1. The maximum absolute atomic E-state index is 13.2. The smallest absolute Gasteiger partial charge is 0.185 e. The minimum absolute atomic E-state index is 0. The average Bonchev–Trinajstić information content (AvgIpc) is 3.57. The molecule has 1 unspecified atom stereocenters. The van der Waals surface area contributed by atoms with Crippen molar-refractivity contribution in [1.82, 2.24) is 28.9 Å². The third-order valence-electron chi connectivity index (χ3n) is 6.04. The lowest BCUT2D eigenvalue weighted by Gasteiger charge is -2.11. The van der Waals surface area contributed by atoms with Crippen molar-refractivity contribution >= 4 is 34.7 Å². The molecule has 0 fully saturated rings. The Morgan fingerprint density at radius 2 is 1.97 bits per heavy atom. The van der Waals surface area contributed by atoms with Crippen LogP contribution >= 0.6 is 12.4 Å². The maximum atomic E-state index is 13.2. The number of hydrogen-bond acceptors (Lipinski definition) is 6. The van der Waals surface area contributed by atoms with Crippen molar-refractivity contribution in [2.45, 2.75) is 39.0 Å². The molecule has 0 saturated heterocycles. The number of carbonyl (C=O) groups is 1. The van der Waals surface area contributed by atoms with Crippen molar-refractivity contribution in [3.63, 3.8) is 0 Å². The highest BCUT2D eigenvalue weighted by Gasteiger charge is 2.19. The third kappa shape index (κ3) is 4.70. The van der Waals surface area contributed by atoms with Gasteiger partial charge in [0.05, 0.1) is 48.9 Å². The summed E-state index contributed by atoms with van der Waals surface area (Å²) in [5.41, 5.74) is 4.97. The first kappa shape index (κ1) is 24.6. The molecule has 10 heteroatoms. The normalized spacial score (nSPS) is 12.2. The summed E-state index contributed by atoms with van der Waals surface area (Å²) in [6.07, 6.45) is 5.25. The van der Waals surface area contributed by atoms with Gasteiger partial charge in [0.15, 0.2) is 5.78 Å². The van der Waals surface area contributed by atoms with E-state index < -0.39 is 6.10 Å². The maximum Gasteiger partial charge on any atom is 0.185 e. The van der Waals surface area contributed by atoms with E-state index in [1.54, 1.807) is 17.1 Å². The lowest BCUT2D eigenvalue weighted by atomic mass is 10.0. The lowest BCUT2D eigenvalue weighted by Crippen LogP contribution is -2.22. The molecule has 35 heavy (non-hydrogen) atoms. The molecule has 0 saturated carbocycles. The quantitative estimate of drug-likeness (QED) is 0.305. The summed E-state index contributed by atoms with van der Waals surface area (Å²) in [7, 11) is 0. The topological polar surface area (TPSA) is 110 Å². The standard InChI is InChI=1S/C25H26N6O3.ClH/c1-2-20-25-17(12-23(34)22-13-26-24-8-3-4-11-29(22)24)6-5-7-21(25)31(28-20)14-18-9-10-27-30(18)15-19(33)16-32;/h3-11,13,19,32-33H,2,12,14-16H2,1H3;1H. The number of rotatable bonds is 9. The van der Waals surface area contributed by atoms with Gasteiger partial charge in [0.1, 0.15) is 11.3 Å². The van der Waals surface area contributed by atoms with Crippen LogP contribution in [0.4, 0.5) is 0 Å². The molecule has 9 nitrogen and oxygen atoms in total. The number of aliphatic hydroxyl groups is 2. The first-order valence-electron chi connectivity index (χ1n) is 11.3. The number of fused-ring (bicyclic) bond motifs is 2. The van der Waals surface area contributed by atoms with Crippen molar-refractivity contribution in [2.75, 3.05) is 6.61 Å². The zero-order chi connectivity index (χ0) is 23.7. The van der Waals surface area contributed by atoms with Crippen LogP contribution in [0.15, 0.2) is 61.1 Å². The lowest BCUT2D eigenvalue weighted by molar-refractivity contribution is 0.0774. The number of aryl methyl sites for hydroxylation is 1. The van der Waals surface area contributed by atoms with E-state index in [0.717, 1.165) is 39.9 Å². The van der Waals surface area contributed by atoms with Crippen LogP contribution in [0, 0.1) is 0 Å². The van der Waals surface area contributed by atoms with Crippen LogP contribution in [0.3, 0.4) is 0 Å². The van der Waals surface area contributed by atoms with E-state index in [0.29, 0.717) is 12.2 Å². The van der Waals surface area contributed by atoms with Gasteiger partial charge in [-0.3, -0.25) is 18.6 Å². The Hall–Kier alpha value is -3.53. The number of halogens is 1. The molecular formula is C25H27ClN6O3. The van der Waals surface area contributed by atoms with Crippen LogP contribution in [0.5, 0.6) is 0 Å². The molecule has 5 aromatic rings. The molecule has 0 aliphatic rings. The SMILES string of the molecule is CCc1nn(Cc2ccnn2CC(O)CO)c2cccc(CC(=O)c3cnc4ccccn34)c12.Cl. The zero-order valence-electron chi connectivity index (χ0n) is 19.3. The molecule has 0 bridgehead atoms. The number of carbonyl (C=O) groups excluding carboxylic acids is 1. The molecule has 0 aliphatic heterocycles.